The van der Waals surface area contributed by atoms with Gasteiger partial charge in [-0.2, -0.15) is 5.26 Å². The van der Waals surface area contributed by atoms with Crippen LogP contribution in [0.4, 0.5) is 9.39 Å². The molecule has 3 rings (SSSR count). The number of aryl methyl sites for hydroxylation is 1. The number of amides is 1. The van der Waals surface area contributed by atoms with E-state index in [4.69, 9.17) is 0 Å². The number of hydrogen-bond donors (Lipinski definition) is 1. The second-order valence-electron chi connectivity index (χ2n) is 5.70. The summed E-state index contributed by atoms with van der Waals surface area (Å²) in [6.45, 7) is 0. The highest BCUT2D eigenvalue weighted by atomic mass is 32.1. The predicted molar refractivity (Wildman–Crippen MR) is 89.3 cm³/mol. The molecule has 0 bridgehead atoms. The van der Waals surface area contributed by atoms with Crippen LogP contribution in [0.25, 0.3) is 0 Å². The van der Waals surface area contributed by atoms with Gasteiger partial charge < -0.3 is 5.32 Å². The van der Waals surface area contributed by atoms with E-state index >= 15 is 0 Å². The van der Waals surface area contributed by atoms with Crippen LogP contribution < -0.4 is 5.32 Å². The van der Waals surface area contributed by atoms with Crippen LogP contribution in [-0.2, 0) is 12.8 Å². The molecule has 23 heavy (non-hydrogen) atoms. The van der Waals surface area contributed by atoms with Crippen molar-refractivity contribution in [1.29, 1.82) is 5.26 Å². The summed E-state index contributed by atoms with van der Waals surface area (Å²) < 4.78 is 13.3. The Labute approximate surface area is 138 Å². The van der Waals surface area contributed by atoms with Gasteiger partial charge in [0.15, 0.2) is 0 Å². The van der Waals surface area contributed by atoms with Gasteiger partial charge in [-0.15, -0.1) is 11.3 Å². The van der Waals surface area contributed by atoms with Gasteiger partial charge in [0.25, 0.3) is 5.91 Å². The number of halogens is 1. The van der Waals surface area contributed by atoms with Crippen molar-refractivity contribution in [3.63, 3.8) is 0 Å². The van der Waals surface area contributed by atoms with Gasteiger partial charge in [0.2, 0.25) is 0 Å². The molecule has 0 fully saturated rings. The third-order valence-corrected chi connectivity index (χ3v) is 5.30. The number of rotatable bonds is 2. The quantitative estimate of drug-likeness (QED) is 0.871. The lowest BCUT2D eigenvalue weighted by Gasteiger charge is -2.08. The van der Waals surface area contributed by atoms with Crippen molar-refractivity contribution >= 4 is 22.2 Å². The molecule has 0 saturated heterocycles. The first-order valence-corrected chi connectivity index (χ1v) is 8.62. The number of carbonyl (C=O) groups is 1. The Kier molecular flexibility index (Phi) is 4.73. The molecule has 0 radical (unpaired) electrons. The molecule has 118 valence electrons. The van der Waals surface area contributed by atoms with Crippen molar-refractivity contribution in [3.05, 3.63) is 51.7 Å². The zero-order chi connectivity index (χ0) is 16.2. The minimum Gasteiger partial charge on any atom is -0.312 e. The van der Waals surface area contributed by atoms with E-state index in [1.54, 1.807) is 6.07 Å². The van der Waals surface area contributed by atoms with E-state index in [0.29, 0.717) is 10.6 Å². The van der Waals surface area contributed by atoms with Gasteiger partial charge in [-0.25, -0.2) is 4.39 Å². The Hall–Kier alpha value is -2.19. The Bertz CT molecular complexity index is 776. The fourth-order valence-electron chi connectivity index (χ4n) is 2.93. The normalized spacial score (nSPS) is 14.3. The van der Waals surface area contributed by atoms with Crippen molar-refractivity contribution in [3.8, 4) is 6.07 Å². The molecule has 0 spiro atoms. The lowest BCUT2D eigenvalue weighted by Crippen LogP contribution is -2.12. The van der Waals surface area contributed by atoms with Crippen LogP contribution in [0, 0.1) is 17.1 Å². The number of nitrogens with zero attached hydrogens (tertiary/aromatic N) is 1. The number of nitriles is 1. The van der Waals surface area contributed by atoms with Crippen LogP contribution in [0.1, 0.15) is 52.0 Å². The number of benzene rings is 1. The van der Waals surface area contributed by atoms with Gasteiger partial charge in [0, 0.05) is 10.4 Å². The highest BCUT2D eigenvalue weighted by Gasteiger charge is 2.20. The zero-order valence-corrected chi connectivity index (χ0v) is 13.5. The van der Waals surface area contributed by atoms with E-state index in [1.165, 1.54) is 47.3 Å². The minimum absolute atomic E-state index is 0.259. The topological polar surface area (TPSA) is 52.9 Å². The van der Waals surface area contributed by atoms with Gasteiger partial charge in [0.05, 0.1) is 5.56 Å². The summed E-state index contributed by atoms with van der Waals surface area (Å²) in [5, 5.41) is 12.9. The van der Waals surface area contributed by atoms with E-state index in [9.17, 15) is 14.4 Å². The molecule has 0 unspecified atom stereocenters. The standard InChI is InChI=1S/C18H17FN2OS/c19-13-7-5-6-12(10-13)17(22)21-18-15(11-20)14-8-3-1-2-4-9-16(14)23-18/h5-7,10H,1-4,8-9H2,(H,21,22). The molecule has 5 heteroatoms. The number of anilines is 1. The summed E-state index contributed by atoms with van der Waals surface area (Å²) in [7, 11) is 0. The SMILES string of the molecule is N#Cc1c(NC(=O)c2cccc(F)c2)sc2c1CCCCCC2. The summed E-state index contributed by atoms with van der Waals surface area (Å²) in [6, 6.07) is 7.81. The van der Waals surface area contributed by atoms with Crippen LogP contribution in [-0.4, -0.2) is 5.91 Å². The number of nitrogens with one attached hydrogen (secondary N) is 1. The fourth-order valence-corrected chi connectivity index (χ4v) is 4.17. The number of thiophene rings is 1. The Balaban J connectivity index is 1.89. The van der Waals surface area contributed by atoms with Gasteiger partial charge >= 0.3 is 0 Å². The summed E-state index contributed by atoms with van der Waals surface area (Å²) in [6.07, 6.45) is 6.45. The third-order valence-electron chi connectivity index (χ3n) is 4.10. The highest BCUT2D eigenvalue weighted by Crippen LogP contribution is 2.36. The van der Waals surface area contributed by atoms with Crippen LogP contribution in [0.3, 0.4) is 0 Å². The number of fused-ring (bicyclic) bond motifs is 1. The maximum atomic E-state index is 13.3. The molecule has 1 aromatic heterocycles. The van der Waals surface area contributed by atoms with Gasteiger partial charge in [-0.05, 0) is 49.4 Å². The lowest BCUT2D eigenvalue weighted by molar-refractivity contribution is 0.102. The van der Waals surface area contributed by atoms with Crippen molar-refractivity contribution in [2.24, 2.45) is 0 Å². The van der Waals surface area contributed by atoms with E-state index in [0.717, 1.165) is 31.2 Å². The Morgan fingerprint density at radius 3 is 2.74 bits per heavy atom. The van der Waals surface area contributed by atoms with E-state index in [-0.39, 0.29) is 11.5 Å². The zero-order valence-electron chi connectivity index (χ0n) is 12.7. The first kappa shape index (κ1) is 15.7. The largest absolute Gasteiger partial charge is 0.312 e. The summed E-state index contributed by atoms with van der Waals surface area (Å²) in [5.41, 5.74) is 1.93. The second kappa shape index (κ2) is 6.93. The molecule has 1 aliphatic carbocycles. The van der Waals surface area contributed by atoms with Gasteiger partial charge in [0.1, 0.15) is 16.9 Å². The third kappa shape index (κ3) is 3.43. The van der Waals surface area contributed by atoms with Crippen LogP contribution >= 0.6 is 11.3 Å². The second-order valence-corrected chi connectivity index (χ2v) is 6.80. The summed E-state index contributed by atoms with van der Waals surface area (Å²) >= 11 is 1.49. The number of hydrogen-bond acceptors (Lipinski definition) is 3. The van der Waals surface area contributed by atoms with E-state index in [1.807, 2.05) is 0 Å². The van der Waals surface area contributed by atoms with Gasteiger partial charge in [-0.3, -0.25) is 4.79 Å². The van der Waals surface area contributed by atoms with Crippen LogP contribution in [0.2, 0.25) is 0 Å². The predicted octanol–water partition coefficient (Wildman–Crippen LogP) is 4.67. The minimum atomic E-state index is -0.448. The molecule has 1 amide bonds. The molecule has 1 aromatic carbocycles. The maximum absolute atomic E-state index is 13.3. The van der Waals surface area contributed by atoms with Crippen LogP contribution in [0.15, 0.2) is 24.3 Å². The maximum Gasteiger partial charge on any atom is 0.256 e. The van der Waals surface area contributed by atoms with E-state index in [2.05, 4.69) is 11.4 Å². The van der Waals surface area contributed by atoms with Crippen molar-refractivity contribution in [2.45, 2.75) is 38.5 Å². The molecule has 0 aliphatic heterocycles. The van der Waals surface area contributed by atoms with Crippen LogP contribution in [0.5, 0.6) is 0 Å². The summed E-state index contributed by atoms with van der Waals surface area (Å²) in [5.74, 6) is -0.827. The average Bonchev–Trinajstić information content (AvgIpc) is 2.83. The fraction of sp³-hybridized carbons (Fsp3) is 0.333. The molecule has 0 saturated carbocycles. The Morgan fingerprint density at radius 1 is 1.22 bits per heavy atom. The molecule has 1 N–H and O–H groups in total. The lowest BCUT2D eigenvalue weighted by atomic mass is 9.97. The highest BCUT2D eigenvalue weighted by molar-refractivity contribution is 7.16. The molecule has 3 nitrogen and oxygen atoms in total. The average molecular weight is 328 g/mol. The molecule has 2 aromatic rings. The molecule has 0 atom stereocenters. The molecular formula is C18H17FN2OS. The molecule has 1 heterocycles. The van der Waals surface area contributed by atoms with E-state index < -0.39 is 5.82 Å². The van der Waals surface area contributed by atoms with Gasteiger partial charge in [-0.1, -0.05) is 18.9 Å². The summed E-state index contributed by atoms with van der Waals surface area (Å²) in [4.78, 5) is 13.5. The van der Waals surface area contributed by atoms with Crippen molar-refractivity contribution < 1.29 is 9.18 Å². The van der Waals surface area contributed by atoms with Crippen molar-refractivity contribution in [2.75, 3.05) is 5.32 Å². The molecule has 1 aliphatic rings. The first-order valence-electron chi connectivity index (χ1n) is 7.80. The number of carbonyl (C=O) groups excluding carboxylic acids is 1. The smallest absolute Gasteiger partial charge is 0.256 e. The monoisotopic (exact) mass is 328 g/mol. The Morgan fingerprint density at radius 2 is 2.00 bits per heavy atom. The van der Waals surface area contributed by atoms with Crippen molar-refractivity contribution in [1.82, 2.24) is 0 Å². The first-order chi connectivity index (χ1) is 11.2. The molecular weight excluding hydrogens is 311 g/mol.